The SMILES string of the molecule is CC/C=C\C/C=C\C/C=C\C/C=C\C/C=C\C/C=C\C/C=C\CCCCCCCC(=O)NC(COC1OC(CO)C(O)C(O)C1O)C(O)CCCCCCCCCCC. The fraction of sp³-hybridized carbons (Fsp3) is 0.700. The molecular formula is C50H85NO8. The summed E-state index contributed by atoms with van der Waals surface area (Å²) in [7, 11) is 0. The Morgan fingerprint density at radius 1 is 0.593 bits per heavy atom. The van der Waals surface area contributed by atoms with E-state index in [1.165, 1.54) is 38.5 Å². The van der Waals surface area contributed by atoms with Gasteiger partial charge in [-0.2, -0.15) is 0 Å². The molecule has 1 amide bonds. The van der Waals surface area contributed by atoms with E-state index in [-0.39, 0.29) is 12.5 Å². The van der Waals surface area contributed by atoms with Crippen molar-refractivity contribution in [1.29, 1.82) is 0 Å². The Kier molecular flexibility index (Phi) is 36.4. The first-order valence-corrected chi connectivity index (χ1v) is 23.3. The van der Waals surface area contributed by atoms with E-state index >= 15 is 0 Å². The Morgan fingerprint density at radius 3 is 1.56 bits per heavy atom. The largest absolute Gasteiger partial charge is 0.394 e. The Morgan fingerprint density at radius 2 is 1.05 bits per heavy atom. The summed E-state index contributed by atoms with van der Waals surface area (Å²) in [6.07, 6.45) is 47.4. The van der Waals surface area contributed by atoms with Gasteiger partial charge in [0.15, 0.2) is 6.29 Å². The summed E-state index contributed by atoms with van der Waals surface area (Å²) in [5.74, 6) is -0.170. The molecule has 9 nitrogen and oxygen atoms in total. The number of aliphatic hydroxyl groups excluding tert-OH is 5. The number of hydrogen-bond donors (Lipinski definition) is 6. The molecule has 0 bridgehead atoms. The van der Waals surface area contributed by atoms with Crippen LogP contribution in [0.2, 0.25) is 0 Å². The van der Waals surface area contributed by atoms with E-state index in [4.69, 9.17) is 9.47 Å². The number of carbonyl (C=O) groups is 1. The lowest BCUT2D eigenvalue weighted by Crippen LogP contribution is -2.60. The molecule has 1 rings (SSSR count). The highest BCUT2D eigenvalue weighted by atomic mass is 16.7. The molecule has 1 heterocycles. The van der Waals surface area contributed by atoms with Crippen molar-refractivity contribution in [2.75, 3.05) is 13.2 Å². The number of carbonyl (C=O) groups excluding carboxylic acids is 1. The van der Waals surface area contributed by atoms with Crippen LogP contribution in [0.5, 0.6) is 0 Å². The third kappa shape index (κ3) is 30.1. The minimum Gasteiger partial charge on any atom is -0.394 e. The van der Waals surface area contributed by atoms with Crippen LogP contribution >= 0.6 is 0 Å². The second-order valence-electron chi connectivity index (χ2n) is 15.8. The second-order valence-corrected chi connectivity index (χ2v) is 15.8. The molecule has 0 spiro atoms. The molecule has 6 N–H and O–H groups in total. The monoisotopic (exact) mass is 828 g/mol. The van der Waals surface area contributed by atoms with Crippen molar-refractivity contribution in [3.05, 3.63) is 85.1 Å². The summed E-state index contributed by atoms with van der Waals surface area (Å²) < 4.78 is 11.2. The maximum Gasteiger partial charge on any atom is 0.220 e. The smallest absolute Gasteiger partial charge is 0.220 e. The topological polar surface area (TPSA) is 149 Å². The van der Waals surface area contributed by atoms with Crippen LogP contribution in [0.15, 0.2) is 85.1 Å². The van der Waals surface area contributed by atoms with E-state index in [0.717, 1.165) is 103 Å². The number of amides is 1. The minimum atomic E-state index is -1.56. The fourth-order valence-corrected chi connectivity index (χ4v) is 6.79. The number of aliphatic hydroxyl groups is 5. The molecule has 1 aliphatic heterocycles. The molecule has 7 atom stereocenters. The van der Waals surface area contributed by atoms with E-state index < -0.39 is 49.5 Å². The van der Waals surface area contributed by atoms with Gasteiger partial charge in [-0.25, -0.2) is 0 Å². The molecule has 0 saturated carbocycles. The van der Waals surface area contributed by atoms with Gasteiger partial charge >= 0.3 is 0 Å². The first-order chi connectivity index (χ1) is 28.8. The van der Waals surface area contributed by atoms with Crippen molar-refractivity contribution < 1.29 is 39.8 Å². The highest BCUT2D eigenvalue weighted by molar-refractivity contribution is 5.76. The summed E-state index contributed by atoms with van der Waals surface area (Å²) in [6.45, 7) is 3.66. The van der Waals surface area contributed by atoms with E-state index in [1.807, 2.05) is 0 Å². The molecule has 1 fully saturated rings. The summed E-state index contributed by atoms with van der Waals surface area (Å²) >= 11 is 0. The van der Waals surface area contributed by atoms with Crippen LogP contribution in [0.4, 0.5) is 0 Å². The van der Waals surface area contributed by atoms with Crippen LogP contribution in [0.1, 0.15) is 168 Å². The number of nitrogens with one attached hydrogen (secondary N) is 1. The molecule has 9 heteroatoms. The highest BCUT2D eigenvalue weighted by Crippen LogP contribution is 2.23. The molecule has 1 saturated heterocycles. The van der Waals surface area contributed by atoms with Gasteiger partial charge in [0.1, 0.15) is 24.4 Å². The Hall–Kier alpha value is -2.63. The van der Waals surface area contributed by atoms with Crippen LogP contribution in [0, 0.1) is 0 Å². The van der Waals surface area contributed by atoms with Gasteiger partial charge in [0.2, 0.25) is 5.91 Å². The van der Waals surface area contributed by atoms with Crippen LogP contribution < -0.4 is 5.32 Å². The van der Waals surface area contributed by atoms with E-state index in [1.54, 1.807) is 0 Å². The van der Waals surface area contributed by atoms with Gasteiger partial charge < -0.3 is 40.3 Å². The zero-order chi connectivity index (χ0) is 43.0. The van der Waals surface area contributed by atoms with Crippen molar-refractivity contribution in [2.24, 2.45) is 0 Å². The van der Waals surface area contributed by atoms with Crippen molar-refractivity contribution in [1.82, 2.24) is 5.32 Å². The first-order valence-electron chi connectivity index (χ1n) is 23.3. The predicted molar refractivity (Wildman–Crippen MR) is 244 cm³/mol. The van der Waals surface area contributed by atoms with E-state index in [2.05, 4.69) is 104 Å². The molecule has 1 aliphatic rings. The van der Waals surface area contributed by atoms with Crippen LogP contribution in [-0.4, -0.2) is 87.5 Å². The maximum atomic E-state index is 12.9. The summed E-state index contributed by atoms with van der Waals surface area (Å²) in [5.41, 5.74) is 0. The fourth-order valence-electron chi connectivity index (χ4n) is 6.79. The van der Waals surface area contributed by atoms with Gasteiger partial charge in [0.25, 0.3) is 0 Å². The Labute approximate surface area is 359 Å². The van der Waals surface area contributed by atoms with Gasteiger partial charge in [-0.15, -0.1) is 0 Å². The molecular weight excluding hydrogens is 743 g/mol. The number of hydrogen-bond acceptors (Lipinski definition) is 8. The normalized spacial score (nSPS) is 21.5. The lowest BCUT2D eigenvalue weighted by Gasteiger charge is -2.40. The average Bonchev–Trinajstić information content (AvgIpc) is 3.23. The quantitative estimate of drug-likeness (QED) is 0.0268. The van der Waals surface area contributed by atoms with Gasteiger partial charge in [0.05, 0.1) is 25.4 Å². The molecule has 0 aromatic carbocycles. The average molecular weight is 828 g/mol. The summed E-state index contributed by atoms with van der Waals surface area (Å²) in [5, 5.41) is 54.2. The van der Waals surface area contributed by atoms with Crippen molar-refractivity contribution >= 4 is 5.91 Å². The summed E-state index contributed by atoms with van der Waals surface area (Å²) in [6, 6.07) is -0.733. The lowest BCUT2D eigenvalue weighted by molar-refractivity contribution is -0.302. The summed E-state index contributed by atoms with van der Waals surface area (Å²) in [4.78, 5) is 12.9. The third-order valence-corrected chi connectivity index (χ3v) is 10.5. The molecule has 0 aromatic heterocycles. The second kappa shape index (κ2) is 39.5. The number of rotatable bonds is 37. The molecule has 338 valence electrons. The van der Waals surface area contributed by atoms with Crippen LogP contribution in [0.25, 0.3) is 0 Å². The van der Waals surface area contributed by atoms with Crippen molar-refractivity contribution in [3.63, 3.8) is 0 Å². The highest BCUT2D eigenvalue weighted by Gasteiger charge is 2.44. The van der Waals surface area contributed by atoms with Crippen LogP contribution in [-0.2, 0) is 14.3 Å². The predicted octanol–water partition coefficient (Wildman–Crippen LogP) is 9.94. The van der Waals surface area contributed by atoms with Crippen LogP contribution in [0.3, 0.4) is 0 Å². The number of allylic oxidation sites excluding steroid dienone is 14. The van der Waals surface area contributed by atoms with Gasteiger partial charge in [-0.05, 0) is 70.6 Å². The third-order valence-electron chi connectivity index (χ3n) is 10.5. The molecule has 7 unspecified atom stereocenters. The number of unbranched alkanes of at least 4 members (excludes halogenated alkanes) is 13. The van der Waals surface area contributed by atoms with Gasteiger partial charge in [-0.1, -0.05) is 176 Å². The van der Waals surface area contributed by atoms with Gasteiger partial charge in [-0.3, -0.25) is 4.79 Å². The molecule has 0 aromatic rings. The van der Waals surface area contributed by atoms with E-state index in [9.17, 15) is 30.3 Å². The lowest BCUT2D eigenvalue weighted by atomic mass is 9.99. The van der Waals surface area contributed by atoms with E-state index in [0.29, 0.717) is 12.8 Å². The standard InChI is InChI=1S/C50H85NO8/c1-3-5-7-9-11-13-14-15-16-17-18-19-20-21-22-23-24-25-26-27-28-29-30-32-34-36-38-40-46(54)51-43(44(53)39-37-35-33-31-12-10-8-6-4-2)42-58-50-49(57)48(56)47(55)45(41-52)59-50/h5,7,11,13,15-16,18-19,21-22,24-25,27-28,43-45,47-50,52-53,55-57H,3-4,6,8-10,12,14,17,20,23,26,29-42H2,1-2H3,(H,51,54)/b7-5-,13-11-,16-15-,19-18-,22-21-,25-24-,28-27-. The zero-order valence-electron chi connectivity index (χ0n) is 37.0. The van der Waals surface area contributed by atoms with Crippen molar-refractivity contribution in [3.8, 4) is 0 Å². The Bertz CT molecular complexity index is 1190. The zero-order valence-corrected chi connectivity index (χ0v) is 37.0. The minimum absolute atomic E-state index is 0.152. The molecule has 0 aliphatic carbocycles. The van der Waals surface area contributed by atoms with Crippen molar-refractivity contribution in [2.45, 2.75) is 211 Å². The number of ether oxygens (including phenoxy) is 2. The van der Waals surface area contributed by atoms with Gasteiger partial charge in [0, 0.05) is 6.42 Å². The maximum absolute atomic E-state index is 12.9. The Balaban J connectivity index is 2.26. The first kappa shape index (κ1) is 54.4. The molecule has 59 heavy (non-hydrogen) atoms. The molecule has 0 radical (unpaired) electrons.